The molecule has 7 rings (SSSR count). The number of benzene rings is 1. The van der Waals surface area contributed by atoms with Gasteiger partial charge in [0, 0.05) is 61.8 Å². The first-order chi connectivity index (χ1) is 20.9. The van der Waals surface area contributed by atoms with E-state index in [1.165, 1.54) is 24.3 Å². The van der Waals surface area contributed by atoms with Crippen LogP contribution in [0.15, 0.2) is 24.3 Å². The summed E-state index contributed by atoms with van der Waals surface area (Å²) in [6.45, 7) is 5.12. The highest BCUT2D eigenvalue weighted by molar-refractivity contribution is 5.94. The molecular formula is C33H47FN4O6. The maximum absolute atomic E-state index is 13.6. The summed E-state index contributed by atoms with van der Waals surface area (Å²) >= 11 is 0. The van der Waals surface area contributed by atoms with Crippen molar-refractivity contribution in [2.24, 2.45) is 34.8 Å². The van der Waals surface area contributed by atoms with Crippen molar-refractivity contribution in [1.82, 2.24) is 16.0 Å². The van der Waals surface area contributed by atoms with E-state index in [0.717, 1.165) is 32.1 Å². The van der Waals surface area contributed by atoms with Crippen molar-refractivity contribution in [3.05, 3.63) is 35.6 Å². The summed E-state index contributed by atoms with van der Waals surface area (Å²) in [5, 5.41) is 8.91. The van der Waals surface area contributed by atoms with E-state index in [0.29, 0.717) is 69.6 Å². The van der Waals surface area contributed by atoms with Gasteiger partial charge in [-0.25, -0.2) is 4.39 Å². The van der Waals surface area contributed by atoms with Crippen LogP contribution in [0.2, 0.25) is 0 Å². The highest BCUT2D eigenvalue weighted by atomic mass is 19.1. The maximum Gasteiger partial charge on any atom is 0.251 e. The molecule has 1 aromatic rings. The molecule has 2 spiro atoms. The third kappa shape index (κ3) is 6.38. The van der Waals surface area contributed by atoms with Crippen LogP contribution in [-0.2, 0) is 24.1 Å². The first-order valence-corrected chi connectivity index (χ1v) is 16.3. The lowest BCUT2D eigenvalue weighted by atomic mass is 9.47. The van der Waals surface area contributed by atoms with Crippen molar-refractivity contribution in [3.8, 4) is 0 Å². The molecule has 44 heavy (non-hydrogen) atoms. The highest BCUT2D eigenvalue weighted by Crippen LogP contribution is 2.67. The first-order valence-electron chi connectivity index (χ1n) is 16.3. The fourth-order valence-electron chi connectivity index (χ4n) is 8.52. The number of ether oxygens (including phenoxy) is 1. The molecule has 242 valence electrons. The van der Waals surface area contributed by atoms with E-state index in [1.807, 2.05) is 13.8 Å². The molecular weight excluding hydrogens is 567 g/mol. The molecule has 5 N–H and O–H groups in total. The fraction of sp³-hybridized carbons (Fsp3) is 0.727. The Balaban J connectivity index is 0.978. The Labute approximate surface area is 258 Å². The molecule has 3 amide bonds. The van der Waals surface area contributed by atoms with Crippen LogP contribution in [-0.4, -0.2) is 54.5 Å². The SMILES string of the molecule is CC(C)(N)CNC(=O)C[C@H]1CC[C@]2(CC1)OO[C@]1(O2)C2CC3CC1CC(C(=O)NCCCNC(=O)c1ccc(F)cc1)(C3)C2. The topological polar surface area (TPSA) is 141 Å². The minimum atomic E-state index is -0.803. The number of nitrogens with one attached hydrogen (secondary N) is 3. The van der Waals surface area contributed by atoms with Gasteiger partial charge in [0.15, 0.2) is 0 Å². The van der Waals surface area contributed by atoms with E-state index in [-0.39, 0.29) is 41.3 Å². The van der Waals surface area contributed by atoms with E-state index in [9.17, 15) is 18.8 Å². The molecule has 5 saturated carbocycles. The van der Waals surface area contributed by atoms with Crippen molar-refractivity contribution >= 4 is 17.7 Å². The highest BCUT2D eigenvalue weighted by Gasteiger charge is 2.71. The third-order valence-electron chi connectivity index (χ3n) is 10.6. The molecule has 6 fully saturated rings. The molecule has 2 atom stereocenters. The van der Waals surface area contributed by atoms with Gasteiger partial charge in [0.05, 0.1) is 5.41 Å². The van der Waals surface area contributed by atoms with E-state index < -0.39 is 22.5 Å². The van der Waals surface area contributed by atoms with E-state index in [1.54, 1.807) is 0 Å². The predicted molar refractivity (Wildman–Crippen MR) is 159 cm³/mol. The summed E-state index contributed by atoms with van der Waals surface area (Å²) in [7, 11) is 0. The van der Waals surface area contributed by atoms with Crippen molar-refractivity contribution in [1.29, 1.82) is 0 Å². The maximum atomic E-state index is 13.6. The average molecular weight is 615 g/mol. The molecule has 1 aliphatic heterocycles. The predicted octanol–water partition coefficient (Wildman–Crippen LogP) is 3.69. The zero-order chi connectivity index (χ0) is 31.2. The van der Waals surface area contributed by atoms with Crippen molar-refractivity contribution in [2.75, 3.05) is 19.6 Å². The first kappa shape index (κ1) is 31.4. The molecule has 10 nitrogen and oxygen atoms in total. The number of halogens is 1. The van der Waals surface area contributed by atoms with Crippen LogP contribution in [0.3, 0.4) is 0 Å². The number of carbonyl (C=O) groups excluding carboxylic acids is 3. The number of nitrogens with two attached hydrogens (primary N) is 1. The van der Waals surface area contributed by atoms with Gasteiger partial charge in [-0.3, -0.25) is 14.4 Å². The summed E-state index contributed by atoms with van der Waals surface area (Å²) in [4.78, 5) is 50.5. The fourth-order valence-corrected chi connectivity index (χ4v) is 8.52. The second-order valence-corrected chi connectivity index (χ2v) is 14.8. The smallest absolute Gasteiger partial charge is 0.251 e. The molecule has 0 radical (unpaired) electrons. The zero-order valence-electron chi connectivity index (χ0n) is 25.9. The summed E-state index contributed by atoms with van der Waals surface area (Å²) in [5.41, 5.74) is 5.54. The lowest BCUT2D eigenvalue weighted by molar-refractivity contribution is -0.393. The summed E-state index contributed by atoms with van der Waals surface area (Å²) < 4.78 is 20.0. The van der Waals surface area contributed by atoms with E-state index in [2.05, 4.69) is 16.0 Å². The van der Waals surface area contributed by atoms with Crippen LogP contribution in [0.5, 0.6) is 0 Å². The number of hydrogen-bond acceptors (Lipinski definition) is 7. The van der Waals surface area contributed by atoms with Gasteiger partial charge in [0.1, 0.15) is 5.82 Å². The zero-order valence-corrected chi connectivity index (χ0v) is 25.9. The number of hydrogen-bond donors (Lipinski definition) is 4. The molecule has 11 heteroatoms. The molecule has 1 aromatic carbocycles. The van der Waals surface area contributed by atoms with Gasteiger partial charge in [-0.1, -0.05) is 0 Å². The van der Waals surface area contributed by atoms with E-state index in [4.69, 9.17) is 20.2 Å². The molecule has 2 unspecified atom stereocenters. The minimum Gasteiger partial charge on any atom is -0.356 e. The normalized spacial score (nSPS) is 35.6. The Bertz CT molecular complexity index is 1230. The largest absolute Gasteiger partial charge is 0.356 e. The number of amides is 3. The van der Waals surface area contributed by atoms with Crippen LogP contribution in [0, 0.1) is 34.9 Å². The Hall–Kier alpha value is -2.60. The van der Waals surface area contributed by atoms with E-state index >= 15 is 0 Å². The number of rotatable bonds is 10. The Kier molecular flexibility index (Phi) is 8.53. The van der Waals surface area contributed by atoms with Crippen LogP contribution in [0.4, 0.5) is 4.39 Å². The van der Waals surface area contributed by atoms with Gasteiger partial charge in [-0.15, -0.1) is 0 Å². The monoisotopic (exact) mass is 614 g/mol. The molecule has 5 aliphatic carbocycles. The summed E-state index contributed by atoms with van der Waals surface area (Å²) in [6.07, 6.45) is 8.36. The van der Waals surface area contributed by atoms with Crippen LogP contribution < -0.4 is 21.7 Å². The van der Waals surface area contributed by atoms with Crippen molar-refractivity contribution in [3.63, 3.8) is 0 Å². The summed E-state index contributed by atoms with van der Waals surface area (Å²) in [5.74, 6) is -1.18. The van der Waals surface area contributed by atoms with Gasteiger partial charge in [-0.2, -0.15) is 9.78 Å². The van der Waals surface area contributed by atoms with Crippen LogP contribution in [0.25, 0.3) is 0 Å². The van der Waals surface area contributed by atoms with Gasteiger partial charge in [0.2, 0.25) is 23.4 Å². The average Bonchev–Trinajstić information content (AvgIpc) is 3.35. The second-order valence-electron chi connectivity index (χ2n) is 14.8. The van der Waals surface area contributed by atoms with Crippen molar-refractivity contribution in [2.45, 2.75) is 102 Å². The van der Waals surface area contributed by atoms with Crippen LogP contribution in [0.1, 0.15) is 94.8 Å². The molecule has 6 aliphatic rings. The van der Waals surface area contributed by atoms with Gasteiger partial charge < -0.3 is 26.4 Å². The van der Waals surface area contributed by atoms with Gasteiger partial charge >= 0.3 is 0 Å². The molecule has 1 heterocycles. The van der Waals surface area contributed by atoms with Crippen molar-refractivity contribution < 1.29 is 33.3 Å². The quantitative estimate of drug-likeness (QED) is 0.233. The Morgan fingerprint density at radius 3 is 2.27 bits per heavy atom. The lowest BCUT2D eigenvalue weighted by Gasteiger charge is -2.61. The molecule has 4 bridgehead atoms. The van der Waals surface area contributed by atoms with Gasteiger partial charge in [-0.05, 0) is 101 Å². The lowest BCUT2D eigenvalue weighted by Crippen LogP contribution is -2.65. The minimum absolute atomic E-state index is 0.0322. The summed E-state index contributed by atoms with van der Waals surface area (Å²) in [6, 6.07) is 5.43. The molecule has 0 aromatic heterocycles. The van der Waals surface area contributed by atoms with Crippen LogP contribution >= 0.6 is 0 Å². The third-order valence-corrected chi connectivity index (χ3v) is 10.6. The second kappa shape index (κ2) is 12.0. The molecule has 1 saturated heterocycles. The van der Waals surface area contributed by atoms with Gasteiger partial charge in [0.25, 0.3) is 5.91 Å². The Morgan fingerprint density at radius 2 is 1.61 bits per heavy atom. The Morgan fingerprint density at radius 1 is 0.955 bits per heavy atom. The standard InChI is InChI=1S/C33H47FN4O6/c1-30(2,35)20-38-27(39)16-21-8-10-32(11-9-21)42-33(44-43-32)24-14-22-15-25(33)19-31(17-22,18-24)29(41)37-13-3-12-36-28(40)23-4-6-26(34)7-5-23/h4-7,21-22,24-25H,3,8-20,35H2,1-2H3,(H,36,40)(H,37,41)(H,38,39)/t21-,22?,24?,25?,31?,32+,33-. The number of carbonyl (C=O) groups is 3.